The Labute approximate surface area is 202 Å². The van der Waals surface area contributed by atoms with Gasteiger partial charge >= 0.3 is 6.09 Å². The normalized spacial score (nSPS) is 17.3. The van der Waals surface area contributed by atoms with Gasteiger partial charge < -0.3 is 24.3 Å². The highest BCUT2D eigenvalue weighted by Crippen LogP contribution is 2.42. The van der Waals surface area contributed by atoms with E-state index in [0.717, 1.165) is 11.3 Å². The first kappa shape index (κ1) is 22.9. The van der Waals surface area contributed by atoms with Crippen LogP contribution in [0.1, 0.15) is 37.7 Å². The van der Waals surface area contributed by atoms with Crippen LogP contribution < -0.4 is 0 Å². The largest absolute Gasteiger partial charge is 0.507 e. The van der Waals surface area contributed by atoms with Crippen LogP contribution >= 0.6 is 0 Å². The van der Waals surface area contributed by atoms with Gasteiger partial charge in [0.1, 0.15) is 16.9 Å². The predicted molar refractivity (Wildman–Crippen MR) is 131 cm³/mol. The molecule has 0 bridgehead atoms. The van der Waals surface area contributed by atoms with Gasteiger partial charge in [0.25, 0.3) is 0 Å². The van der Waals surface area contributed by atoms with Crippen LogP contribution in [0.4, 0.5) is 10.5 Å². The fraction of sp³-hybridized carbons (Fsp3) is 0.346. The van der Waals surface area contributed by atoms with Crippen LogP contribution in [0.25, 0.3) is 22.7 Å². The Bertz CT molecular complexity index is 1340. The Morgan fingerprint density at radius 2 is 1.83 bits per heavy atom. The first-order valence-electron chi connectivity index (χ1n) is 11.6. The Morgan fingerprint density at radius 1 is 1.09 bits per heavy atom. The molecule has 0 atom stereocenters. The number of carbonyl (C=O) groups excluding carboxylic acids is 1. The highest BCUT2D eigenvalue weighted by molar-refractivity contribution is 5.95. The van der Waals surface area contributed by atoms with Crippen molar-refractivity contribution in [1.29, 1.82) is 0 Å². The molecule has 0 spiro atoms. The molecule has 3 heterocycles. The van der Waals surface area contributed by atoms with Crippen LogP contribution in [0.3, 0.4) is 0 Å². The van der Waals surface area contributed by atoms with Gasteiger partial charge in [-0.1, -0.05) is 18.2 Å². The van der Waals surface area contributed by atoms with E-state index < -0.39 is 5.60 Å². The van der Waals surface area contributed by atoms with Crippen molar-refractivity contribution in [2.75, 3.05) is 26.2 Å². The molecule has 2 aromatic carbocycles. The summed E-state index contributed by atoms with van der Waals surface area (Å²) in [6.07, 6.45) is 1.34. The summed E-state index contributed by atoms with van der Waals surface area (Å²) in [4.78, 5) is 16.2. The Morgan fingerprint density at radius 3 is 2.57 bits per heavy atom. The lowest BCUT2D eigenvalue weighted by Crippen LogP contribution is -2.49. The molecule has 35 heavy (non-hydrogen) atoms. The molecule has 2 N–H and O–H groups in total. The zero-order valence-corrected chi connectivity index (χ0v) is 20.0. The maximum absolute atomic E-state index is 12.3. The van der Waals surface area contributed by atoms with Gasteiger partial charge in [0, 0.05) is 44.4 Å². The maximum atomic E-state index is 12.3. The number of piperazine rings is 1. The molecule has 2 aliphatic heterocycles. The zero-order chi connectivity index (χ0) is 24.7. The molecule has 0 aliphatic carbocycles. The number of phenols is 1. The number of ether oxygens (including phenoxy) is 1. The monoisotopic (exact) mass is 476 g/mol. The highest BCUT2D eigenvalue weighted by Gasteiger charge is 2.27. The van der Waals surface area contributed by atoms with Crippen LogP contribution in [0.5, 0.6) is 11.5 Å². The lowest BCUT2D eigenvalue weighted by atomic mass is 10.1. The van der Waals surface area contributed by atoms with Crippen LogP contribution in [-0.2, 0) is 11.3 Å². The fourth-order valence-electron chi connectivity index (χ4n) is 4.27. The van der Waals surface area contributed by atoms with Crippen LogP contribution in [0.15, 0.2) is 51.0 Å². The highest BCUT2D eigenvalue weighted by atomic mass is 16.6. The SMILES string of the molecule is CC(C)(C)OC(=O)N1CCN(Cc2c(O)ccc3c(O)c(/C=C4/N=Nc5ccccc54)oc23)CC1. The van der Waals surface area contributed by atoms with Crippen molar-refractivity contribution in [3.05, 3.63) is 53.3 Å². The number of fused-ring (bicyclic) bond motifs is 2. The summed E-state index contributed by atoms with van der Waals surface area (Å²) >= 11 is 0. The summed E-state index contributed by atoms with van der Waals surface area (Å²) in [5.74, 6) is 0.334. The molecule has 1 aromatic heterocycles. The molecular formula is C26H28N4O5. The number of aromatic hydroxyl groups is 2. The minimum absolute atomic E-state index is 0.0110. The number of hydrogen-bond donors (Lipinski definition) is 2. The van der Waals surface area contributed by atoms with Gasteiger partial charge in [-0.25, -0.2) is 4.79 Å². The number of rotatable bonds is 3. The molecule has 0 unspecified atom stereocenters. The van der Waals surface area contributed by atoms with Crippen molar-refractivity contribution in [3.8, 4) is 11.5 Å². The first-order chi connectivity index (χ1) is 16.7. The Balaban J connectivity index is 1.37. The summed E-state index contributed by atoms with van der Waals surface area (Å²) in [6, 6.07) is 10.8. The average Bonchev–Trinajstić information content (AvgIpc) is 3.36. The van der Waals surface area contributed by atoms with Crippen LogP contribution in [-0.4, -0.2) is 57.9 Å². The molecule has 9 heteroatoms. The summed E-state index contributed by atoms with van der Waals surface area (Å²) in [6.45, 7) is 8.25. The quantitative estimate of drug-likeness (QED) is 0.517. The molecular weight excluding hydrogens is 448 g/mol. The minimum Gasteiger partial charge on any atom is -0.507 e. The molecule has 1 saturated heterocycles. The van der Waals surface area contributed by atoms with E-state index in [9.17, 15) is 15.0 Å². The molecule has 3 aromatic rings. The standard InChI is InChI=1S/C26H28N4O5/c1-26(2,3)35-25(33)30-12-10-29(11-13-30)15-18-21(31)9-8-17-23(32)22(34-24(17)18)14-20-16-6-4-5-7-19(16)27-28-20/h4-9,14,31-32H,10-13,15H2,1-3H3/b20-14+. The number of phenolic OH excluding ortho intramolecular Hbond substituents is 1. The number of nitrogens with zero attached hydrogens (tertiary/aromatic N) is 4. The van der Waals surface area contributed by atoms with Crippen molar-refractivity contribution in [3.63, 3.8) is 0 Å². The predicted octanol–water partition coefficient (Wildman–Crippen LogP) is 5.49. The molecule has 5 rings (SSSR count). The van der Waals surface area contributed by atoms with Gasteiger partial charge in [0.2, 0.25) is 0 Å². The molecule has 1 amide bonds. The number of hydrogen-bond acceptors (Lipinski definition) is 8. The third-order valence-electron chi connectivity index (χ3n) is 6.06. The summed E-state index contributed by atoms with van der Waals surface area (Å²) in [7, 11) is 0. The molecule has 0 radical (unpaired) electrons. The smallest absolute Gasteiger partial charge is 0.410 e. The third kappa shape index (κ3) is 4.59. The Hall–Kier alpha value is -3.85. The first-order valence-corrected chi connectivity index (χ1v) is 11.6. The number of amides is 1. The van der Waals surface area contributed by atoms with Gasteiger partial charge in [-0.05, 0) is 39.0 Å². The van der Waals surface area contributed by atoms with Crippen molar-refractivity contribution in [2.45, 2.75) is 32.9 Å². The molecule has 1 fully saturated rings. The van der Waals surface area contributed by atoms with Crippen molar-refractivity contribution < 1.29 is 24.2 Å². The molecule has 182 valence electrons. The summed E-state index contributed by atoms with van der Waals surface area (Å²) in [5, 5.41) is 30.3. The van der Waals surface area contributed by atoms with Gasteiger partial charge in [-0.3, -0.25) is 4.90 Å². The van der Waals surface area contributed by atoms with E-state index in [1.165, 1.54) is 0 Å². The summed E-state index contributed by atoms with van der Waals surface area (Å²) in [5.41, 5.74) is 2.69. The van der Waals surface area contributed by atoms with Gasteiger partial charge in [-0.2, -0.15) is 0 Å². The molecule has 0 saturated carbocycles. The third-order valence-corrected chi connectivity index (χ3v) is 6.06. The number of carbonyl (C=O) groups is 1. The van der Waals surface area contributed by atoms with Gasteiger partial charge in [0.05, 0.1) is 22.3 Å². The number of benzene rings is 2. The zero-order valence-electron chi connectivity index (χ0n) is 20.0. The topological polar surface area (TPSA) is 111 Å². The van der Waals surface area contributed by atoms with Crippen molar-refractivity contribution in [1.82, 2.24) is 9.80 Å². The van der Waals surface area contributed by atoms with Crippen LogP contribution in [0.2, 0.25) is 0 Å². The van der Waals surface area contributed by atoms with Crippen molar-refractivity contribution in [2.24, 2.45) is 10.2 Å². The second-order valence-corrected chi connectivity index (χ2v) is 9.75. The van der Waals surface area contributed by atoms with E-state index in [1.54, 1.807) is 23.1 Å². The maximum Gasteiger partial charge on any atom is 0.410 e. The van der Waals surface area contributed by atoms with Crippen LogP contribution in [0, 0.1) is 0 Å². The average molecular weight is 477 g/mol. The Kier molecular flexibility index (Phi) is 5.72. The summed E-state index contributed by atoms with van der Waals surface area (Å²) < 4.78 is 11.5. The van der Waals surface area contributed by atoms with Crippen molar-refractivity contribution >= 4 is 34.5 Å². The second kappa shape index (κ2) is 8.74. The minimum atomic E-state index is -0.536. The van der Waals surface area contributed by atoms with E-state index in [1.807, 2.05) is 45.0 Å². The van der Waals surface area contributed by atoms with Gasteiger partial charge in [-0.15, -0.1) is 10.2 Å². The van der Waals surface area contributed by atoms with E-state index in [4.69, 9.17) is 9.15 Å². The van der Waals surface area contributed by atoms with E-state index in [-0.39, 0.29) is 23.4 Å². The lowest BCUT2D eigenvalue weighted by Gasteiger charge is -2.35. The van der Waals surface area contributed by atoms with E-state index in [0.29, 0.717) is 55.0 Å². The second-order valence-electron chi connectivity index (χ2n) is 9.75. The van der Waals surface area contributed by atoms with E-state index in [2.05, 4.69) is 15.1 Å². The van der Waals surface area contributed by atoms with Gasteiger partial charge in [0.15, 0.2) is 11.5 Å². The molecule has 9 nitrogen and oxygen atoms in total. The number of azo groups is 1. The fourth-order valence-corrected chi connectivity index (χ4v) is 4.27. The molecule has 2 aliphatic rings. The lowest BCUT2D eigenvalue weighted by molar-refractivity contribution is 0.0138. The van der Waals surface area contributed by atoms with E-state index >= 15 is 0 Å². The number of furan rings is 1.